The third-order valence-electron chi connectivity index (χ3n) is 7.21. The van der Waals surface area contributed by atoms with Gasteiger partial charge in [0.2, 0.25) is 0 Å². The number of unbranched alkanes of at least 4 members (excludes halogenated alkanes) is 5. The van der Waals surface area contributed by atoms with E-state index < -0.39 is 0 Å². The Morgan fingerprint density at radius 3 is 1.82 bits per heavy atom. The van der Waals surface area contributed by atoms with Crippen LogP contribution in [0, 0.1) is 16.7 Å². The van der Waals surface area contributed by atoms with Crippen LogP contribution in [0.2, 0.25) is 0 Å². The van der Waals surface area contributed by atoms with Crippen LogP contribution in [-0.4, -0.2) is 5.54 Å². The van der Waals surface area contributed by atoms with E-state index in [1.54, 1.807) is 0 Å². The summed E-state index contributed by atoms with van der Waals surface area (Å²) >= 11 is 0. The Balaban J connectivity index is 1.67. The minimum absolute atomic E-state index is 0.219. The molecule has 0 heterocycles. The Labute approximate surface area is 138 Å². The quantitative estimate of drug-likeness (QED) is 0.504. The van der Waals surface area contributed by atoms with E-state index in [0.29, 0.717) is 10.8 Å². The van der Waals surface area contributed by atoms with Crippen LogP contribution in [0.3, 0.4) is 0 Å². The second kappa shape index (κ2) is 6.46. The van der Waals surface area contributed by atoms with Crippen molar-refractivity contribution >= 4 is 0 Å². The fourth-order valence-electron chi connectivity index (χ4n) is 7.16. The van der Waals surface area contributed by atoms with E-state index in [-0.39, 0.29) is 5.54 Å². The molecule has 0 radical (unpaired) electrons. The van der Waals surface area contributed by atoms with Gasteiger partial charge in [-0.2, -0.15) is 0 Å². The summed E-state index contributed by atoms with van der Waals surface area (Å²) in [5.41, 5.74) is 8.44. The number of nitrogens with two attached hydrogens (primary N) is 1. The number of hydrogen-bond donors (Lipinski definition) is 1. The predicted molar refractivity (Wildman–Crippen MR) is 95.9 cm³/mol. The maximum absolute atomic E-state index is 6.93. The van der Waals surface area contributed by atoms with Crippen LogP contribution >= 0.6 is 0 Å². The smallest absolute Gasteiger partial charge is 0.0167 e. The van der Waals surface area contributed by atoms with Gasteiger partial charge in [0, 0.05) is 5.54 Å². The highest BCUT2D eigenvalue weighted by atomic mass is 14.8. The summed E-state index contributed by atoms with van der Waals surface area (Å²) in [4.78, 5) is 0. The Kier molecular flexibility index (Phi) is 4.93. The summed E-state index contributed by atoms with van der Waals surface area (Å²) in [5.74, 6) is 0.967. The third kappa shape index (κ3) is 3.40. The standard InChI is InChI=1S/C21H39N/c1-3-5-7-9-11-20-13-18-12-19(15-20,10-8-6-4-2)16-21(22,14-18)17-20/h18H,3-17,22H2,1-2H3. The Bertz CT molecular complexity index is 378. The molecule has 0 aliphatic heterocycles. The highest BCUT2D eigenvalue weighted by Gasteiger charge is 2.61. The predicted octanol–water partition coefficient (Wildman–Crippen LogP) is 6.21. The van der Waals surface area contributed by atoms with Crippen molar-refractivity contribution < 1.29 is 0 Å². The maximum Gasteiger partial charge on any atom is 0.0167 e. The van der Waals surface area contributed by atoms with E-state index in [2.05, 4.69) is 13.8 Å². The average Bonchev–Trinajstić information content (AvgIpc) is 2.41. The molecule has 0 aromatic rings. The van der Waals surface area contributed by atoms with E-state index >= 15 is 0 Å². The Morgan fingerprint density at radius 1 is 0.727 bits per heavy atom. The lowest BCUT2D eigenvalue weighted by Crippen LogP contribution is -2.63. The monoisotopic (exact) mass is 305 g/mol. The Morgan fingerprint density at radius 2 is 1.27 bits per heavy atom. The molecule has 0 aromatic heterocycles. The zero-order valence-corrected chi connectivity index (χ0v) is 15.3. The van der Waals surface area contributed by atoms with Gasteiger partial charge in [-0.05, 0) is 68.1 Å². The minimum atomic E-state index is 0.219. The second-order valence-corrected chi connectivity index (χ2v) is 9.64. The minimum Gasteiger partial charge on any atom is -0.325 e. The zero-order valence-electron chi connectivity index (χ0n) is 15.3. The molecule has 22 heavy (non-hydrogen) atoms. The lowest BCUT2D eigenvalue weighted by molar-refractivity contribution is -0.129. The SMILES string of the molecule is CCCCCCC12CC3CC(N)(CC(CCCCC)(C3)C1)C2. The first kappa shape index (κ1) is 16.8. The van der Waals surface area contributed by atoms with Crippen LogP contribution in [-0.2, 0) is 0 Å². The molecule has 1 heteroatoms. The molecule has 4 atom stereocenters. The Hall–Kier alpha value is -0.0400. The molecule has 2 N–H and O–H groups in total. The molecule has 4 aliphatic carbocycles. The summed E-state index contributed by atoms with van der Waals surface area (Å²) in [6, 6.07) is 0. The third-order valence-corrected chi connectivity index (χ3v) is 7.21. The molecule has 4 unspecified atom stereocenters. The molecule has 4 rings (SSSR count). The first-order chi connectivity index (χ1) is 10.5. The molecule has 0 amide bonds. The fraction of sp³-hybridized carbons (Fsp3) is 1.00. The topological polar surface area (TPSA) is 26.0 Å². The summed E-state index contributed by atoms with van der Waals surface area (Å²) in [5, 5.41) is 0. The van der Waals surface area contributed by atoms with E-state index in [4.69, 9.17) is 5.73 Å². The summed E-state index contributed by atoms with van der Waals surface area (Å²) in [7, 11) is 0. The molecule has 4 fully saturated rings. The molecule has 0 aromatic carbocycles. The molecular formula is C21H39N. The van der Waals surface area contributed by atoms with Crippen molar-refractivity contribution in [1.29, 1.82) is 0 Å². The van der Waals surface area contributed by atoms with E-state index in [1.807, 2.05) is 0 Å². The van der Waals surface area contributed by atoms with Crippen LogP contribution in [0.4, 0.5) is 0 Å². The van der Waals surface area contributed by atoms with Crippen LogP contribution in [0.5, 0.6) is 0 Å². The van der Waals surface area contributed by atoms with Crippen molar-refractivity contribution in [1.82, 2.24) is 0 Å². The number of rotatable bonds is 9. The van der Waals surface area contributed by atoms with Gasteiger partial charge in [-0.25, -0.2) is 0 Å². The maximum atomic E-state index is 6.93. The van der Waals surface area contributed by atoms with Gasteiger partial charge in [-0.1, -0.05) is 58.8 Å². The fourth-order valence-corrected chi connectivity index (χ4v) is 7.16. The molecule has 4 aliphatic rings. The number of hydrogen-bond acceptors (Lipinski definition) is 1. The average molecular weight is 306 g/mol. The summed E-state index contributed by atoms with van der Waals surface area (Å²) < 4.78 is 0. The van der Waals surface area contributed by atoms with Crippen molar-refractivity contribution in [3.05, 3.63) is 0 Å². The van der Waals surface area contributed by atoms with Crippen molar-refractivity contribution in [3.8, 4) is 0 Å². The summed E-state index contributed by atoms with van der Waals surface area (Å²) in [6.07, 6.45) is 21.5. The normalized spacial score (nSPS) is 43.0. The van der Waals surface area contributed by atoms with Crippen LogP contribution in [0.1, 0.15) is 110 Å². The molecule has 0 saturated heterocycles. The van der Waals surface area contributed by atoms with Crippen molar-refractivity contribution in [3.63, 3.8) is 0 Å². The second-order valence-electron chi connectivity index (χ2n) is 9.64. The first-order valence-electron chi connectivity index (χ1n) is 10.3. The van der Waals surface area contributed by atoms with Crippen molar-refractivity contribution in [2.45, 2.75) is 116 Å². The van der Waals surface area contributed by atoms with Gasteiger partial charge in [0.25, 0.3) is 0 Å². The molecule has 0 spiro atoms. The van der Waals surface area contributed by atoms with Crippen molar-refractivity contribution in [2.24, 2.45) is 22.5 Å². The largest absolute Gasteiger partial charge is 0.325 e. The van der Waals surface area contributed by atoms with Gasteiger partial charge in [-0.3, -0.25) is 0 Å². The summed E-state index contributed by atoms with van der Waals surface area (Å²) in [6.45, 7) is 4.65. The van der Waals surface area contributed by atoms with Gasteiger partial charge in [0.1, 0.15) is 0 Å². The van der Waals surface area contributed by atoms with E-state index in [0.717, 1.165) is 5.92 Å². The van der Waals surface area contributed by atoms with Crippen LogP contribution in [0.25, 0.3) is 0 Å². The van der Waals surface area contributed by atoms with Gasteiger partial charge in [-0.15, -0.1) is 0 Å². The lowest BCUT2D eigenvalue weighted by atomic mass is 9.40. The molecule has 4 saturated carbocycles. The van der Waals surface area contributed by atoms with E-state index in [1.165, 1.54) is 96.3 Å². The molecule has 128 valence electrons. The molecular weight excluding hydrogens is 266 g/mol. The zero-order chi connectivity index (χ0) is 15.7. The molecule has 1 nitrogen and oxygen atoms in total. The van der Waals surface area contributed by atoms with Gasteiger partial charge >= 0.3 is 0 Å². The lowest BCUT2D eigenvalue weighted by Gasteiger charge is -2.66. The first-order valence-corrected chi connectivity index (χ1v) is 10.3. The highest BCUT2D eigenvalue weighted by molar-refractivity contribution is 5.15. The highest BCUT2D eigenvalue weighted by Crippen LogP contribution is 2.68. The van der Waals surface area contributed by atoms with Gasteiger partial charge in [0.15, 0.2) is 0 Å². The van der Waals surface area contributed by atoms with Crippen LogP contribution in [0.15, 0.2) is 0 Å². The van der Waals surface area contributed by atoms with Crippen molar-refractivity contribution in [2.75, 3.05) is 0 Å². The van der Waals surface area contributed by atoms with E-state index in [9.17, 15) is 0 Å². The molecule has 4 bridgehead atoms. The van der Waals surface area contributed by atoms with Gasteiger partial charge < -0.3 is 5.73 Å². The van der Waals surface area contributed by atoms with Gasteiger partial charge in [0.05, 0.1) is 0 Å². The van der Waals surface area contributed by atoms with Crippen LogP contribution < -0.4 is 5.73 Å².